The summed E-state index contributed by atoms with van der Waals surface area (Å²) in [6.45, 7) is 10.4. The molecule has 1 N–H and O–H groups in total. The summed E-state index contributed by atoms with van der Waals surface area (Å²) in [6.07, 6.45) is 0. The first-order valence-corrected chi connectivity index (χ1v) is 6.69. The number of carboxylic acids is 1. The highest BCUT2D eigenvalue weighted by Gasteiger charge is 2.36. The maximum atomic E-state index is 11.4. The minimum Gasteiger partial charge on any atom is -0.480 e. The van der Waals surface area contributed by atoms with Gasteiger partial charge in [-0.1, -0.05) is 0 Å². The van der Waals surface area contributed by atoms with Gasteiger partial charge in [-0.25, -0.2) is 4.68 Å². The van der Waals surface area contributed by atoms with E-state index in [0.29, 0.717) is 0 Å². The SMILES string of the molecule is Cc1nn(C(C)C)c(N(CC(=O)O)C(C)(C)C)c1[N+](=O)[O-]. The fourth-order valence-corrected chi connectivity index (χ4v) is 2.12. The lowest BCUT2D eigenvalue weighted by atomic mass is 10.1. The third-order valence-corrected chi connectivity index (χ3v) is 3.06. The highest BCUT2D eigenvalue weighted by atomic mass is 16.6. The molecule has 0 aromatic carbocycles. The van der Waals surface area contributed by atoms with Crippen molar-refractivity contribution in [1.29, 1.82) is 0 Å². The predicted molar refractivity (Wildman–Crippen MR) is 78.7 cm³/mol. The molecule has 8 heteroatoms. The monoisotopic (exact) mass is 298 g/mol. The Morgan fingerprint density at radius 2 is 2.00 bits per heavy atom. The van der Waals surface area contributed by atoms with E-state index in [0.717, 1.165) is 0 Å². The van der Waals surface area contributed by atoms with E-state index in [2.05, 4.69) is 5.10 Å². The molecule has 0 saturated carbocycles. The van der Waals surface area contributed by atoms with Crippen molar-refractivity contribution in [1.82, 2.24) is 9.78 Å². The summed E-state index contributed by atoms with van der Waals surface area (Å²) in [7, 11) is 0. The fourth-order valence-electron chi connectivity index (χ4n) is 2.12. The highest BCUT2D eigenvalue weighted by Crippen LogP contribution is 2.37. The lowest BCUT2D eigenvalue weighted by Gasteiger charge is -2.36. The van der Waals surface area contributed by atoms with Gasteiger partial charge < -0.3 is 10.0 Å². The summed E-state index contributed by atoms with van der Waals surface area (Å²) in [6, 6.07) is -0.119. The Morgan fingerprint density at radius 3 is 2.33 bits per heavy atom. The Labute approximate surface area is 123 Å². The fraction of sp³-hybridized carbons (Fsp3) is 0.692. The Balaban J connectivity index is 3.62. The molecule has 0 spiro atoms. The maximum absolute atomic E-state index is 11.4. The number of hydrogen-bond donors (Lipinski definition) is 1. The average molecular weight is 298 g/mol. The number of carboxylic acid groups (broad SMARTS) is 1. The van der Waals surface area contributed by atoms with Gasteiger partial charge in [0.15, 0.2) is 0 Å². The average Bonchev–Trinajstić information content (AvgIpc) is 2.61. The van der Waals surface area contributed by atoms with Crippen LogP contribution in [0.2, 0.25) is 0 Å². The maximum Gasteiger partial charge on any atom is 0.333 e. The molecule has 0 saturated heterocycles. The first kappa shape index (κ1) is 16.9. The largest absolute Gasteiger partial charge is 0.480 e. The van der Waals surface area contributed by atoms with Gasteiger partial charge in [-0.2, -0.15) is 5.10 Å². The van der Waals surface area contributed by atoms with Crippen molar-refractivity contribution >= 4 is 17.5 Å². The molecular formula is C13H22N4O4. The van der Waals surface area contributed by atoms with Crippen LogP contribution in [0.3, 0.4) is 0 Å². The number of nitro groups is 1. The molecule has 0 radical (unpaired) electrons. The zero-order valence-corrected chi connectivity index (χ0v) is 13.2. The van der Waals surface area contributed by atoms with Crippen LogP contribution in [-0.4, -0.2) is 37.9 Å². The van der Waals surface area contributed by atoms with Crippen LogP contribution < -0.4 is 4.90 Å². The summed E-state index contributed by atoms with van der Waals surface area (Å²) >= 11 is 0. The molecule has 8 nitrogen and oxygen atoms in total. The number of anilines is 1. The molecule has 0 fully saturated rings. The van der Waals surface area contributed by atoms with Gasteiger partial charge in [-0.3, -0.25) is 14.9 Å². The van der Waals surface area contributed by atoms with Crippen LogP contribution in [-0.2, 0) is 4.79 Å². The standard InChI is InChI=1S/C13H22N4O4/c1-8(2)16-12(11(17(20)21)9(3)14-16)15(7-10(18)19)13(4,5)6/h8H,7H2,1-6H3,(H,18,19). The van der Waals surface area contributed by atoms with Crippen LogP contribution in [0, 0.1) is 17.0 Å². The topological polar surface area (TPSA) is 102 Å². The number of aromatic nitrogens is 2. The number of hydrogen-bond acceptors (Lipinski definition) is 5. The van der Waals surface area contributed by atoms with E-state index in [9.17, 15) is 14.9 Å². The van der Waals surface area contributed by atoms with Crippen molar-refractivity contribution in [2.24, 2.45) is 0 Å². The van der Waals surface area contributed by atoms with E-state index in [1.807, 2.05) is 34.6 Å². The summed E-state index contributed by atoms with van der Waals surface area (Å²) < 4.78 is 1.52. The molecule has 1 heterocycles. The lowest BCUT2D eigenvalue weighted by molar-refractivity contribution is -0.384. The van der Waals surface area contributed by atoms with Crippen molar-refractivity contribution in [3.63, 3.8) is 0 Å². The molecular weight excluding hydrogens is 276 g/mol. The Bertz CT molecular complexity index is 557. The van der Waals surface area contributed by atoms with Gasteiger partial charge in [0.25, 0.3) is 0 Å². The number of aliphatic carboxylic acids is 1. The summed E-state index contributed by atoms with van der Waals surface area (Å²) in [4.78, 5) is 23.5. The Kier molecular flexibility index (Phi) is 4.60. The van der Waals surface area contributed by atoms with Crippen molar-refractivity contribution in [3.05, 3.63) is 15.8 Å². The summed E-state index contributed by atoms with van der Waals surface area (Å²) in [5.74, 6) is -0.809. The molecule has 1 aromatic heterocycles. The van der Waals surface area contributed by atoms with Crippen molar-refractivity contribution in [2.75, 3.05) is 11.4 Å². The van der Waals surface area contributed by atoms with Gasteiger partial charge in [0, 0.05) is 11.6 Å². The summed E-state index contributed by atoms with van der Waals surface area (Å²) in [5.41, 5.74) is -0.453. The van der Waals surface area contributed by atoms with E-state index in [-0.39, 0.29) is 29.8 Å². The minimum absolute atomic E-state index is 0.119. The molecule has 0 aliphatic heterocycles. The molecule has 118 valence electrons. The Morgan fingerprint density at radius 1 is 1.48 bits per heavy atom. The second-order valence-electron chi connectivity index (χ2n) is 6.20. The molecule has 21 heavy (non-hydrogen) atoms. The highest BCUT2D eigenvalue weighted by molar-refractivity contribution is 5.76. The molecule has 1 aromatic rings. The predicted octanol–water partition coefficient (Wildman–Crippen LogP) is 2.37. The van der Waals surface area contributed by atoms with Gasteiger partial charge in [0.1, 0.15) is 12.2 Å². The summed E-state index contributed by atoms with van der Waals surface area (Å²) in [5, 5.41) is 24.7. The zero-order valence-electron chi connectivity index (χ0n) is 13.2. The third-order valence-electron chi connectivity index (χ3n) is 3.06. The van der Waals surface area contributed by atoms with Crippen LogP contribution in [0.1, 0.15) is 46.4 Å². The number of nitrogens with zero attached hydrogens (tertiary/aromatic N) is 4. The van der Waals surface area contributed by atoms with Gasteiger partial charge in [-0.05, 0) is 41.5 Å². The molecule has 0 aliphatic rings. The van der Waals surface area contributed by atoms with Crippen LogP contribution in [0.15, 0.2) is 0 Å². The molecule has 0 aliphatic carbocycles. The number of rotatable bonds is 5. The van der Waals surface area contributed by atoms with Crippen LogP contribution in [0.25, 0.3) is 0 Å². The Hall–Kier alpha value is -2.12. The normalized spacial score (nSPS) is 11.8. The van der Waals surface area contributed by atoms with E-state index < -0.39 is 16.4 Å². The molecule has 1 rings (SSSR count). The molecule has 0 atom stereocenters. The van der Waals surface area contributed by atoms with Crippen LogP contribution in [0.4, 0.5) is 11.5 Å². The number of aryl methyl sites for hydroxylation is 1. The minimum atomic E-state index is -1.05. The van der Waals surface area contributed by atoms with E-state index in [1.54, 1.807) is 6.92 Å². The van der Waals surface area contributed by atoms with E-state index in [4.69, 9.17) is 5.11 Å². The van der Waals surface area contributed by atoms with Crippen LogP contribution >= 0.6 is 0 Å². The smallest absolute Gasteiger partial charge is 0.333 e. The number of carbonyl (C=O) groups is 1. The van der Waals surface area contributed by atoms with Crippen LogP contribution in [0.5, 0.6) is 0 Å². The van der Waals surface area contributed by atoms with Crippen molar-refractivity contribution in [3.8, 4) is 0 Å². The first-order valence-electron chi connectivity index (χ1n) is 6.69. The first-order chi connectivity index (χ1) is 9.46. The van der Waals surface area contributed by atoms with Gasteiger partial charge in [-0.15, -0.1) is 0 Å². The van der Waals surface area contributed by atoms with Gasteiger partial charge in [0.2, 0.25) is 5.82 Å². The second-order valence-corrected chi connectivity index (χ2v) is 6.20. The van der Waals surface area contributed by atoms with E-state index >= 15 is 0 Å². The molecule has 0 bridgehead atoms. The van der Waals surface area contributed by atoms with E-state index in [1.165, 1.54) is 9.58 Å². The second kappa shape index (κ2) is 5.71. The zero-order chi connectivity index (χ0) is 16.5. The quantitative estimate of drug-likeness (QED) is 0.661. The third kappa shape index (κ3) is 3.50. The molecule has 0 amide bonds. The van der Waals surface area contributed by atoms with Crippen molar-refractivity contribution in [2.45, 2.75) is 53.1 Å². The molecule has 0 unspecified atom stereocenters. The van der Waals surface area contributed by atoms with Gasteiger partial charge >= 0.3 is 11.7 Å². The lowest BCUT2D eigenvalue weighted by Crippen LogP contribution is -2.46. The van der Waals surface area contributed by atoms with Gasteiger partial charge in [0.05, 0.1) is 4.92 Å². The van der Waals surface area contributed by atoms with Crippen molar-refractivity contribution < 1.29 is 14.8 Å².